The van der Waals surface area contributed by atoms with Crippen molar-refractivity contribution in [2.24, 2.45) is 0 Å². The minimum absolute atomic E-state index is 0. The second-order valence-electron chi connectivity index (χ2n) is 5.31. The van der Waals surface area contributed by atoms with Gasteiger partial charge >= 0.3 is 0 Å². The molecule has 2 aliphatic heterocycles. The molecule has 1 saturated heterocycles. The van der Waals surface area contributed by atoms with Gasteiger partial charge in [-0.05, 0) is 6.07 Å². The van der Waals surface area contributed by atoms with Crippen LogP contribution in [0.4, 0.5) is 14.5 Å². The average Bonchev–Trinajstić information content (AvgIpc) is 2.62. The number of ether oxygens (including phenoxy) is 2. The van der Waals surface area contributed by atoms with Gasteiger partial charge in [-0.3, -0.25) is 0 Å². The van der Waals surface area contributed by atoms with Crippen molar-refractivity contribution in [2.75, 3.05) is 38.3 Å². The zero-order chi connectivity index (χ0) is 15.0. The third kappa shape index (κ3) is 3.11. The van der Waals surface area contributed by atoms with Gasteiger partial charge < -0.3 is 19.7 Å². The maximum absolute atomic E-state index is 14.3. The fourth-order valence-electron chi connectivity index (χ4n) is 3.01. The van der Waals surface area contributed by atoms with Crippen molar-refractivity contribution in [3.05, 3.63) is 22.7 Å². The molecule has 1 N–H and O–H groups in total. The van der Waals surface area contributed by atoms with Gasteiger partial charge in [-0.25, -0.2) is 8.78 Å². The van der Waals surface area contributed by atoms with Crippen molar-refractivity contribution in [3.8, 4) is 5.75 Å². The number of nitrogens with zero attached hydrogens (tertiary/aromatic N) is 1. The molecule has 22 heavy (non-hydrogen) atoms. The summed E-state index contributed by atoms with van der Waals surface area (Å²) >= 11 is 6.07. The Morgan fingerprint density at radius 3 is 3.00 bits per heavy atom. The Bertz CT molecular complexity index is 548. The lowest BCUT2D eigenvalue weighted by Gasteiger charge is -2.37. The fourth-order valence-corrected chi connectivity index (χ4v) is 3.24. The molecule has 3 rings (SSSR count). The van der Waals surface area contributed by atoms with E-state index in [-0.39, 0.29) is 41.0 Å². The predicted octanol–water partition coefficient (Wildman–Crippen LogP) is 2.62. The van der Waals surface area contributed by atoms with Crippen molar-refractivity contribution < 1.29 is 18.3 Å². The third-order valence-corrected chi connectivity index (χ3v) is 4.19. The van der Waals surface area contributed by atoms with Crippen LogP contribution >= 0.6 is 24.0 Å². The summed E-state index contributed by atoms with van der Waals surface area (Å²) in [7, 11) is 1.58. The predicted molar refractivity (Wildman–Crippen MR) is 83.5 cm³/mol. The van der Waals surface area contributed by atoms with Crippen LogP contribution in [0.2, 0.25) is 5.02 Å². The number of fused-ring (bicyclic) bond motifs is 3. The zero-order valence-corrected chi connectivity index (χ0v) is 13.6. The van der Waals surface area contributed by atoms with Gasteiger partial charge in [0.25, 0.3) is 0 Å². The molecule has 0 bridgehead atoms. The summed E-state index contributed by atoms with van der Waals surface area (Å²) in [5, 5.41) is 3.35. The Balaban J connectivity index is 0.00000176. The number of piperazine rings is 1. The smallest absolute Gasteiger partial charge is 0.186 e. The van der Waals surface area contributed by atoms with Crippen molar-refractivity contribution in [2.45, 2.75) is 18.6 Å². The molecule has 4 nitrogen and oxygen atoms in total. The zero-order valence-electron chi connectivity index (χ0n) is 12.1. The first kappa shape index (κ1) is 17.5. The molecular formula is C14H18Cl2F2N2O2. The highest BCUT2D eigenvalue weighted by atomic mass is 35.5. The minimum atomic E-state index is -0.954. The van der Waals surface area contributed by atoms with E-state index in [0.717, 1.165) is 6.07 Å². The SMILES string of the molecule is COC[C@@H]1C[C@@H]2CNCCN2c2c(F)c(F)cc(Cl)c2O1.Cl. The molecule has 1 aromatic carbocycles. The maximum atomic E-state index is 14.3. The molecule has 8 heteroatoms. The lowest BCUT2D eigenvalue weighted by Crippen LogP contribution is -2.52. The Morgan fingerprint density at radius 2 is 2.27 bits per heavy atom. The standard InChI is InChI=1S/C14H17ClF2N2O2.ClH/c1-20-7-9-4-8-6-18-2-3-19(8)13-12(17)11(16)5-10(15)14(13)21-9;/h5,8-9,18H,2-4,6-7H2,1H3;1H/t8-,9+;/m1./s1. The Morgan fingerprint density at radius 1 is 1.50 bits per heavy atom. The normalized spacial score (nSPS) is 23.7. The highest BCUT2D eigenvalue weighted by molar-refractivity contribution is 6.32. The number of hydrogen-bond acceptors (Lipinski definition) is 4. The Hall–Kier alpha value is -0.820. The molecule has 0 aliphatic carbocycles. The average molecular weight is 355 g/mol. The van der Waals surface area contributed by atoms with Crippen LogP contribution in [0, 0.1) is 11.6 Å². The molecule has 0 aromatic heterocycles. The number of methoxy groups -OCH3 is 1. The van der Waals surface area contributed by atoms with Gasteiger partial charge in [0, 0.05) is 39.2 Å². The van der Waals surface area contributed by atoms with Gasteiger partial charge in [-0.1, -0.05) is 11.6 Å². The van der Waals surface area contributed by atoms with Crippen LogP contribution in [0.25, 0.3) is 0 Å². The summed E-state index contributed by atoms with van der Waals surface area (Å²) in [5.41, 5.74) is 0.130. The second kappa shape index (κ2) is 7.17. The van der Waals surface area contributed by atoms with Crippen LogP contribution in [0.3, 0.4) is 0 Å². The van der Waals surface area contributed by atoms with Crippen LogP contribution in [0.5, 0.6) is 5.75 Å². The highest BCUT2D eigenvalue weighted by Crippen LogP contribution is 2.43. The molecule has 2 aliphatic rings. The van der Waals surface area contributed by atoms with Crippen molar-refractivity contribution in [1.29, 1.82) is 0 Å². The van der Waals surface area contributed by atoms with E-state index in [4.69, 9.17) is 21.1 Å². The molecule has 0 amide bonds. The van der Waals surface area contributed by atoms with E-state index >= 15 is 0 Å². The summed E-state index contributed by atoms with van der Waals surface area (Å²) in [6.07, 6.45) is 0.415. The first-order valence-electron chi connectivity index (χ1n) is 6.92. The van der Waals surface area contributed by atoms with Gasteiger partial charge in [0.15, 0.2) is 17.4 Å². The van der Waals surface area contributed by atoms with Gasteiger partial charge in [0.1, 0.15) is 11.8 Å². The summed E-state index contributed by atoms with van der Waals surface area (Å²) in [4.78, 5) is 1.85. The maximum Gasteiger partial charge on any atom is 0.186 e. The van der Waals surface area contributed by atoms with Crippen LogP contribution in [0.1, 0.15) is 6.42 Å². The molecule has 124 valence electrons. The molecule has 0 saturated carbocycles. The van der Waals surface area contributed by atoms with Gasteiger partial charge in [-0.2, -0.15) is 0 Å². The quantitative estimate of drug-likeness (QED) is 0.827. The molecule has 1 aromatic rings. The lowest BCUT2D eigenvalue weighted by atomic mass is 10.1. The molecule has 0 unspecified atom stereocenters. The highest BCUT2D eigenvalue weighted by Gasteiger charge is 2.36. The number of anilines is 1. The summed E-state index contributed by atoms with van der Waals surface area (Å²) in [5.74, 6) is -1.65. The topological polar surface area (TPSA) is 33.7 Å². The van der Waals surface area contributed by atoms with E-state index in [1.54, 1.807) is 7.11 Å². The van der Waals surface area contributed by atoms with Crippen LogP contribution in [-0.2, 0) is 4.74 Å². The van der Waals surface area contributed by atoms with E-state index in [9.17, 15) is 8.78 Å². The Kier molecular flexibility index (Phi) is 5.71. The van der Waals surface area contributed by atoms with Crippen molar-refractivity contribution in [1.82, 2.24) is 5.32 Å². The molecular weight excluding hydrogens is 337 g/mol. The van der Waals surface area contributed by atoms with Crippen molar-refractivity contribution >= 4 is 29.7 Å². The van der Waals surface area contributed by atoms with Crippen LogP contribution in [-0.4, -0.2) is 45.5 Å². The summed E-state index contributed by atoms with van der Waals surface area (Å²) < 4.78 is 39.0. The fraction of sp³-hybridized carbons (Fsp3) is 0.571. The summed E-state index contributed by atoms with van der Waals surface area (Å²) in [6, 6.07) is 0.981. The second-order valence-corrected chi connectivity index (χ2v) is 5.72. The van der Waals surface area contributed by atoms with Crippen molar-refractivity contribution in [3.63, 3.8) is 0 Å². The first-order valence-corrected chi connectivity index (χ1v) is 7.30. The third-order valence-electron chi connectivity index (χ3n) is 3.91. The monoisotopic (exact) mass is 354 g/mol. The van der Waals surface area contributed by atoms with E-state index in [0.29, 0.717) is 32.7 Å². The van der Waals surface area contributed by atoms with E-state index in [2.05, 4.69) is 5.32 Å². The molecule has 0 radical (unpaired) electrons. The van der Waals surface area contributed by atoms with Gasteiger partial charge in [0.05, 0.1) is 11.6 Å². The van der Waals surface area contributed by atoms with Crippen LogP contribution in [0.15, 0.2) is 6.07 Å². The van der Waals surface area contributed by atoms with E-state index in [1.165, 1.54) is 0 Å². The number of benzene rings is 1. The lowest BCUT2D eigenvalue weighted by molar-refractivity contribution is 0.0745. The largest absolute Gasteiger partial charge is 0.484 e. The van der Waals surface area contributed by atoms with Gasteiger partial charge in [-0.15, -0.1) is 12.4 Å². The van der Waals surface area contributed by atoms with Crippen LogP contribution < -0.4 is 15.0 Å². The van der Waals surface area contributed by atoms with E-state index in [1.807, 2.05) is 4.90 Å². The molecule has 0 spiro atoms. The number of nitrogens with one attached hydrogen (secondary N) is 1. The Labute approximate surface area is 139 Å². The number of rotatable bonds is 2. The van der Waals surface area contributed by atoms with E-state index < -0.39 is 11.6 Å². The number of hydrogen-bond donors (Lipinski definition) is 1. The molecule has 1 fully saturated rings. The van der Waals surface area contributed by atoms with Gasteiger partial charge in [0.2, 0.25) is 0 Å². The summed E-state index contributed by atoms with van der Waals surface area (Å²) in [6.45, 7) is 2.35. The molecule has 2 atom stereocenters. The first-order chi connectivity index (χ1) is 10.1. The number of halogens is 4. The minimum Gasteiger partial charge on any atom is -0.484 e. The molecule has 2 heterocycles.